The summed E-state index contributed by atoms with van der Waals surface area (Å²) in [6.45, 7) is 4.65. The first-order valence-electron chi connectivity index (χ1n) is 5.18. The Morgan fingerprint density at radius 3 is 2.53 bits per heavy atom. The largest absolute Gasteiger partial charge is 0.391 e. The van der Waals surface area contributed by atoms with Gasteiger partial charge in [0.05, 0.1) is 13.1 Å². The molecule has 0 radical (unpaired) electrons. The van der Waals surface area contributed by atoms with Gasteiger partial charge in [0, 0.05) is 6.04 Å². The number of hydrogen-bond acceptors (Lipinski definition) is 5. The fourth-order valence-corrected chi connectivity index (χ4v) is 2.27. The summed E-state index contributed by atoms with van der Waals surface area (Å²) < 4.78 is 4.47. The third-order valence-electron chi connectivity index (χ3n) is 2.40. The topological polar surface area (TPSA) is 46.6 Å². The lowest BCUT2D eigenvalue weighted by atomic mass is 10.2. The molecule has 5 heteroatoms. The molecule has 0 amide bonds. The Morgan fingerprint density at radius 2 is 2.00 bits per heavy atom. The monoisotopic (exact) mass is 231 g/mol. The zero-order chi connectivity index (χ0) is 11.3. The summed E-state index contributed by atoms with van der Waals surface area (Å²) in [5.74, 6) is 1.31. The van der Waals surface area contributed by atoms with Crippen LogP contribution in [0.2, 0.25) is 0 Å². The number of morpholine rings is 1. The minimum atomic E-state index is -0.429. The summed E-state index contributed by atoms with van der Waals surface area (Å²) >= 11 is 1.87. The smallest absolute Gasteiger partial charge is 0.327 e. The second-order valence-electron chi connectivity index (χ2n) is 3.59. The van der Waals surface area contributed by atoms with Crippen molar-refractivity contribution in [3.8, 4) is 0 Å². The van der Waals surface area contributed by atoms with E-state index < -0.39 is 11.9 Å². The van der Waals surface area contributed by atoms with E-state index in [1.807, 2.05) is 23.6 Å². The molecule has 0 aliphatic carbocycles. The maximum Gasteiger partial charge on any atom is 0.327 e. The van der Waals surface area contributed by atoms with Crippen LogP contribution in [0.15, 0.2) is 0 Å². The molecule has 1 unspecified atom stereocenters. The van der Waals surface area contributed by atoms with Crippen molar-refractivity contribution in [3.63, 3.8) is 0 Å². The van der Waals surface area contributed by atoms with Crippen molar-refractivity contribution in [2.45, 2.75) is 26.3 Å². The maximum atomic E-state index is 11.0. The Balaban J connectivity index is 2.34. The average molecular weight is 231 g/mol. The quantitative estimate of drug-likeness (QED) is 0.400. The number of nitrogens with zero attached hydrogens (tertiary/aromatic N) is 1. The number of esters is 2. The molecule has 0 spiro atoms. The Kier molecular flexibility index (Phi) is 5.11. The highest BCUT2D eigenvalue weighted by atomic mass is 32.2. The third-order valence-corrected chi connectivity index (χ3v) is 3.33. The minimum Gasteiger partial charge on any atom is -0.391 e. The molecule has 86 valence electrons. The Bertz CT molecular complexity index is 229. The first-order valence-corrected chi connectivity index (χ1v) is 6.34. The van der Waals surface area contributed by atoms with Crippen molar-refractivity contribution >= 4 is 23.7 Å². The van der Waals surface area contributed by atoms with E-state index in [0.29, 0.717) is 0 Å². The molecule has 0 N–H and O–H groups in total. The molecule has 0 aromatic carbocycles. The SMILES string of the molecule is CCSCCC(C)N1CC(=O)OC(=O)C1. The Hall–Kier alpha value is -0.550. The predicted octanol–water partition coefficient (Wildman–Crippen LogP) is 0.903. The Labute approximate surface area is 94.3 Å². The van der Waals surface area contributed by atoms with Gasteiger partial charge in [-0.25, -0.2) is 0 Å². The van der Waals surface area contributed by atoms with Crippen molar-refractivity contribution in [1.29, 1.82) is 0 Å². The molecule has 0 bridgehead atoms. The summed E-state index contributed by atoms with van der Waals surface area (Å²) in [5.41, 5.74) is 0. The van der Waals surface area contributed by atoms with Gasteiger partial charge in [0.15, 0.2) is 0 Å². The molecule has 15 heavy (non-hydrogen) atoms. The zero-order valence-corrected chi connectivity index (χ0v) is 10.0. The van der Waals surface area contributed by atoms with E-state index in [-0.39, 0.29) is 19.1 Å². The number of carbonyl (C=O) groups is 2. The fraction of sp³-hybridized carbons (Fsp3) is 0.800. The van der Waals surface area contributed by atoms with Crippen LogP contribution in [0.5, 0.6) is 0 Å². The molecule has 1 heterocycles. The van der Waals surface area contributed by atoms with Crippen LogP contribution in [0.3, 0.4) is 0 Å². The molecule has 4 nitrogen and oxygen atoms in total. The average Bonchev–Trinajstić information content (AvgIpc) is 2.16. The molecule has 1 rings (SSSR count). The van der Waals surface area contributed by atoms with Gasteiger partial charge in [-0.2, -0.15) is 11.8 Å². The first-order chi connectivity index (χ1) is 7.13. The van der Waals surface area contributed by atoms with Gasteiger partial charge in [0.2, 0.25) is 0 Å². The molecule has 1 fully saturated rings. The predicted molar refractivity (Wildman–Crippen MR) is 59.8 cm³/mol. The van der Waals surface area contributed by atoms with Gasteiger partial charge < -0.3 is 4.74 Å². The highest BCUT2D eigenvalue weighted by Crippen LogP contribution is 2.11. The van der Waals surface area contributed by atoms with E-state index in [1.54, 1.807) is 0 Å². The van der Waals surface area contributed by atoms with Crippen molar-refractivity contribution in [3.05, 3.63) is 0 Å². The first kappa shape index (κ1) is 12.5. The van der Waals surface area contributed by atoms with E-state index in [4.69, 9.17) is 0 Å². The molecule has 0 aromatic rings. The van der Waals surface area contributed by atoms with Gasteiger partial charge in [-0.05, 0) is 24.9 Å². The van der Waals surface area contributed by atoms with E-state index in [2.05, 4.69) is 11.7 Å². The van der Waals surface area contributed by atoms with E-state index in [9.17, 15) is 9.59 Å². The number of rotatable bonds is 5. The molecule has 1 saturated heterocycles. The number of carbonyl (C=O) groups excluding carboxylic acids is 2. The molecule has 0 aromatic heterocycles. The van der Waals surface area contributed by atoms with E-state index in [1.165, 1.54) is 0 Å². The summed E-state index contributed by atoms with van der Waals surface area (Å²) in [6.07, 6.45) is 0.999. The van der Waals surface area contributed by atoms with Crippen LogP contribution in [-0.4, -0.2) is 47.5 Å². The van der Waals surface area contributed by atoms with E-state index >= 15 is 0 Å². The Morgan fingerprint density at radius 1 is 1.40 bits per heavy atom. The van der Waals surface area contributed by atoms with Crippen LogP contribution < -0.4 is 0 Å². The lowest BCUT2D eigenvalue weighted by Crippen LogP contribution is -2.47. The normalized spacial score (nSPS) is 20.1. The minimum absolute atomic E-state index is 0.240. The molecule has 1 atom stereocenters. The van der Waals surface area contributed by atoms with Crippen molar-refractivity contribution in [2.75, 3.05) is 24.6 Å². The zero-order valence-electron chi connectivity index (χ0n) is 9.19. The third kappa shape index (κ3) is 4.22. The van der Waals surface area contributed by atoms with Crippen LogP contribution in [0.4, 0.5) is 0 Å². The number of cyclic esters (lactones) is 2. The summed E-state index contributed by atoms with van der Waals surface area (Å²) in [4.78, 5) is 23.9. The van der Waals surface area contributed by atoms with Crippen molar-refractivity contribution < 1.29 is 14.3 Å². The maximum absolute atomic E-state index is 11.0. The molecule has 1 aliphatic rings. The lowest BCUT2D eigenvalue weighted by molar-refractivity contribution is -0.167. The van der Waals surface area contributed by atoms with Gasteiger partial charge in [0.25, 0.3) is 0 Å². The van der Waals surface area contributed by atoms with Gasteiger partial charge >= 0.3 is 11.9 Å². The highest BCUT2D eigenvalue weighted by Gasteiger charge is 2.27. The van der Waals surface area contributed by atoms with Gasteiger partial charge in [-0.1, -0.05) is 6.92 Å². The lowest BCUT2D eigenvalue weighted by Gasteiger charge is -2.29. The molecule has 1 aliphatic heterocycles. The van der Waals surface area contributed by atoms with Crippen LogP contribution >= 0.6 is 11.8 Å². The summed E-state index contributed by atoms with van der Waals surface area (Å²) in [7, 11) is 0. The fourth-order valence-electron chi connectivity index (χ4n) is 1.47. The molecule has 0 saturated carbocycles. The molecular formula is C10H17NO3S. The second-order valence-corrected chi connectivity index (χ2v) is 4.98. The van der Waals surface area contributed by atoms with Gasteiger partial charge in [-0.15, -0.1) is 0 Å². The van der Waals surface area contributed by atoms with Crippen molar-refractivity contribution in [2.24, 2.45) is 0 Å². The van der Waals surface area contributed by atoms with Crippen molar-refractivity contribution in [1.82, 2.24) is 4.90 Å². The standard InChI is InChI=1S/C10H17NO3S/c1-3-15-5-4-8(2)11-6-9(12)14-10(13)7-11/h8H,3-7H2,1-2H3. The van der Waals surface area contributed by atoms with Crippen LogP contribution in [0.25, 0.3) is 0 Å². The molecular weight excluding hydrogens is 214 g/mol. The van der Waals surface area contributed by atoms with Crippen LogP contribution in [-0.2, 0) is 14.3 Å². The van der Waals surface area contributed by atoms with Crippen LogP contribution in [0, 0.1) is 0 Å². The number of ether oxygens (including phenoxy) is 1. The summed E-state index contributed by atoms with van der Waals surface area (Å²) in [5, 5.41) is 0. The highest BCUT2D eigenvalue weighted by molar-refractivity contribution is 7.99. The van der Waals surface area contributed by atoms with Gasteiger partial charge in [-0.3, -0.25) is 14.5 Å². The number of thioether (sulfide) groups is 1. The second kappa shape index (κ2) is 6.12. The summed E-state index contributed by atoms with van der Waals surface area (Å²) in [6, 6.07) is 0.265. The number of hydrogen-bond donors (Lipinski definition) is 0. The van der Waals surface area contributed by atoms with Gasteiger partial charge in [0.1, 0.15) is 0 Å². The van der Waals surface area contributed by atoms with E-state index in [0.717, 1.165) is 17.9 Å². The van der Waals surface area contributed by atoms with Crippen LogP contribution in [0.1, 0.15) is 20.3 Å².